The van der Waals surface area contributed by atoms with Gasteiger partial charge in [0.15, 0.2) is 0 Å². The topological polar surface area (TPSA) is 75.8 Å². The summed E-state index contributed by atoms with van der Waals surface area (Å²) in [6.45, 7) is 3.26. The molecule has 0 saturated carbocycles. The third-order valence-corrected chi connectivity index (χ3v) is 0.539. The van der Waals surface area contributed by atoms with Crippen molar-refractivity contribution < 1.29 is 0 Å². The lowest BCUT2D eigenvalue weighted by atomic mass is 10.3. The molecule has 1 atom stereocenters. The van der Waals surface area contributed by atoms with Gasteiger partial charge in [0.2, 0.25) is 0 Å². The van der Waals surface area contributed by atoms with Crippen molar-refractivity contribution in [3.63, 3.8) is 0 Å². The van der Waals surface area contributed by atoms with E-state index < -0.39 is 6.04 Å². The normalized spacial score (nSPS) is 12.0. The molecule has 0 aliphatic carbocycles. The number of nitriles is 1. The van der Waals surface area contributed by atoms with E-state index >= 15 is 0 Å². The fourth-order valence-corrected chi connectivity index (χ4v) is 0.0829. The Morgan fingerprint density at radius 3 is 2.29 bits per heavy atom. The lowest BCUT2D eigenvalue weighted by Crippen LogP contribution is -2.24. The molecule has 0 fully saturated rings. The summed E-state index contributed by atoms with van der Waals surface area (Å²) < 4.78 is 0. The van der Waals surface area contributed by atoms with Crippen LogP contribution in [0.15, 0.2) is 12.3 Å². The Morgan fingerprint density at radius 1 is 1.86 bits per heavy atom. The van der Waals surface area contributed by atoms with Gasteiger partial charge in [-0.2, -0.15) is 5.26 Å². The molecule has 0 heterocycles. The van der Waals surface area contributed by atoms with Crippen LogP contribution in [0.25, 0.3) is 0 Å². The Balaban J connectivity index is 3.63. The molecule has 0 bridgehead atoms. The highest BCUT2D eigenvalue weighted by atomic mass is 14.7. The first-order valence-corrected chi connectivity index (χ1v) is 1.78. The van der Waals surface area contributed by atoms with Crippen LogP contribution >= 0.6 is 0 Å². The summed E-state index contributed by atoms with van der Waals surface area (Å²) in [5.41, 5.74) is 10.2. The number of nitrogens with zero attached hydrogens (tertiary/aromatic N) is 1. The summed E-state index contributed by atoms with van der Waals surface area (Å²) in [7, 11) is 0. The van der Waals surface area contributed by atoms with Gasteiger partial charge in [0, 0.05) is 5.70 Å². The van der Waals surface area contributed by atoms with Crippen molar-refractivity contribution in [3.8, 4) is 6.07 Å². The molecule has 7 heavy (non-hydrogen) atoms. The van der Waals surface area contributed by atoms with Gasteiger partial charge >= 0.3 is 0 Å². The molecule has 0 aliphatic heterocycles. The molecule has 4 N–H and O–H groups in total. The van der Waals surface area contributed by atoms with Gasteiger partial charge in [0.05, 0.1) is 6.07 Å². The number of nitrogens with two attached hydrogens (primary N) is 2. The van der Waals surface area contributed by atoms with Gasteiger partial charge in [-0.25, -0.2) is 0 Å². The summed E-state index contributed by atoms with van der Waals surface area (Å²) in [6.07, 6.45) is 0. The summed E-state index contributed by atoms with van der Waals surface area (Å²) in [5.74, 6) is 0. The molecule has 0 aromatic heterocycles. The molecule has 3 nitrogen and oxygen atoms in total. The van der Waals surface area contributed by atoms with Crippen LogP contribution in [-0.2, 0) is 0 Å². The smallest absolute Gasteiger partial charge is 0.132 e. The fourth-order valence-electron chi connectivity index (χ4n) is 0.0829. The van der Waals surface area contributed by atoms with E-state index in [1.165, 1.54) is 0 Å². The van der Waals surface area contributed by atoms with E-state index in [1.807, 2.05) is 0 Å². The molecule has 1 unspecified atom stereocenters. The van der Waals surface area contributed by atoms with Crippen molar-refractivity contribution in [1.29, 1.82) is 5.26 Å². The maximum absolute atomic E-state index is 7.99. The first-order valence-electron chi connectivity index (χ1n) is 1.78. The first-order chi connectivity index (χ1) is 3.18. The zero-order valence-corrected chi connectivity index (χ0v) is 3.89. The van der Waals surface area contributed by atoms with Crippen molar-refractivity contribution in [2.75, 3.05) is 0 Å². The van der Waals surface area contributed by atoms with Gasteiger partial charge in [0.25, 0.3) is 0 Å². The lowest BCUT2D eigenvalue weighted by Gasteiger charge is -1.95. The van der Waals surface area contributed by atoms with Crippen molar-refractivity contribution in [2.45, 2.75) is 6.04 Å². The minimum absolute atomic E-state index is 0.211. The molecule has 3 heteroatoms. The Hall–Kier alpha value is -1.01. The largest absolute Gasteiger partial charge is 0.400 e. The summed E-state index contributed by atoms with van der Waals surface area (Å²) in [4.78, 5) is 0. The zero-order chi connectivity index (χ0) is 5.86. The van der Waals surface area contributed by atoms with E-state index in [9.17, 15) is 0 Å². The van der Waals surface area contributed by atoms with Gasteiger partial charge in [0.1, 0.15) is 6.04 Å². The molecule has 0 amide bonds. The van der Waals surface area contributed by atoms with Crippen LogP contribution in [0.4, 0.5) is 0 Å². The predicted molar refractivity (Wildman–Crippen MR) is 26.9 cm³/mol. The number of hydrogen-bond donors (Lipinski definition) is 2. The van der Waals surface area contributed by atoms with Gasteiger partial charge in [-0.1, -0.05) is 6.58 Å². The van der Waals surface area contributed by atoms with E-state index in [-0.39, 0.29) is 5.70 Å². The quantitative estimate of drug-likeness (QED) is 0.454. The van der Waals surface area contributed by atoms with Crippen LogP contribution in [0, 0.1) is 11.3 Å². The molecule has 0 aromatic rings. The molecule has 0 saturated heterocycles. The van der Waals surface area contributed by atoms with Gasteiger partial charge in [-0.15, -0.1) is 0 Å². The average Bonchev–Trinajstić information content (AvgIpc) is 1.65. The molecule has 0 rings (SSSR count). The van der Waals surface area contributed by atoms with Gasteiger partial charge in [-0.05, 0) is 0 Å². The Morgan fingerprint density at radius 2 is 2.29 bits per heavy atom. The molecular weight excluding hydrogens is 90.1 g/mol. The maximum Gasteiger partial charge on any atom is 0.132 e. The van der Waals surface area contributed by atoms with E-state index in [4.69, 9.17) is 16.7 Å². The highest BCUT2D eigenvalue weighted by Crippen LogP contribution is 1.80. The van der Waals surface area contributed by atoms with E-state index in [0.29, 0.717) is 0 Å². The van der Waals surface area contributed by atoms with E-state index in [1.54, 1.807) is 6.07 Å². The van der Waals surface area contributed by atoms with Crippen LogP contribution in [0.3, 0.4) is 0 Å². The highest BCUT2D eigenvalue weighted by molar-refractivity contribution is 5.09. The van der Waals surface area contributed by atoms with Crippen molar-refractivity contribution in [3.05, 3.63) is 12.3 Å². The monoisotopic (exact) mass is 97.1 g/mol. The maximum atomic E-state index is 7.99. The Bertz CT molecular complexity index is 111. The third-order valence-electron chi connectivity index (χ3n) is 0.539. The molecule has 38 valence electrons. The second-order valence-corrected chi connectivity index (χ2v) is 1.18. The Kier molecular flexibility index (Phi) is 1.89. The Labute approximate surface area is 42.2 Å². The zero-order valence-electron chi connectivity index (χ0n) is 3.89. The van der Waals surface area contributed by atoms with Gasteiger partial charge < -0.3 is 11.5 Å². The van der Waals surface area contributed by atoms with Crippen LogP contribution < -0.4 is 11.5 Å². The minimum Gasteiger partial charge on any atom is -0.400 e. The lowest BCUT2D eigenvalue weighted by molar-refractivity contribution is 0.950. The fraction of sp³-hybridized carbons (Fsp3) is 0.250. The average molecular weight is 97.1 g/mol. The second-order valence-electron chi connectivity index (χ2n) is 1.18. The number of hydrogen-bond acceptors (Lipinski definition) is 3. The molecule has 0 spiro atoms. The van der Waals surface area contributed by atoms with Crippen molar-refractivity contribution >= 4 is 0 Å². The predicted octanol–water partition coefficient (Wildman–Crippen LogP) is -0.690. The van der Waals surface area contributed by atoms with Gasteiger partial charge in [-0.3, -0.25) is 0 Å². The van der Waals surface area contributed by atoms with E-state index in [2.05, 4.69) is 6.58 Å². The SMILES string of the molecule is C=C(N)C(N)C#N. The van der Waals surface area contributed by atoms with Crippen LogP contribution in [-0.4, -0.2) is 6.04 Å². The molecular formula is C4H7N3. The van der Waals surface area contributed by atoms with Crippen LogP contribution in [0.5, 0.6) is 0 Å². The van der Waals surface area contributed by atoms with Crippen molar-refractivity contribution in [1.82, 2.24) is 0 Å². The molecule has 0 radical (unpaired) electrons. The second kappa shape index (κ2) is 2.21. The molecule has 0 aromatic carbocycles. The summed E-state index contributed by atoms with van der Waals surface area (Å²) >= 11 is 0. The summed E-state index contributed by atoms with van der Waals surface area (Å²) in [6, 6.07) is 1.01. The molecule has 0 aliphatic rings. The third kappa shape index (κ3) is 1.79. The van der Waals surface area contributed by atoms with Crippen molar-refractivity contribution in [2.24, 2.45) is 11.5 Å². The number of rotatable bonds is 1. The summed E-state index contributed by atoms with van der Waals surface area (Å²) in [5, 5.41) is 7.99. The highest BCUT2D eigenvalue weighted by Gasteiger charge is 1.96. The van der Waals surface area contributed by atoms with Crippen LogP contribution in [0.1, 0.15) is 0 Å². The minimum atomic E-state index is -0.708. The van der Waals surface area contributed by atoms with E-state index in [0.717, 1.165) is 0 Å². The first kappa shape index (κ1) is 5.99. The standard InChI is InChI=1S/C4H7N3/c1-3(6)4(7)2-5/h4H,1,6-7H2. The van der Waals surface area contributed by atoms with Crippen LogP contribution in [0.2, 0.25) is 0 Å².